The van der Waals surface area contributed by atoms with Crippen molar-refractivity contribution in [1.29, 1.82) is 0 Å². The number of hydrogen-bond donors (Lipinski definition) is 1. The van der Waals surface area contributed by atoms with Gasteiger partial charge in [0.05, 0.1) is 0 Å². The summed E-state index contributed by atoms with van der Waals surface area (Å²) in [5, 5.41) is 10.3. The number of aryl methyl sites for hydroxylation is 1. The Kier molecular flexibility index (Phi) is 3.56. The molecule has 0 heterocycles. The van der Waals surface area contributed by atoms with Crippen molar-refractivity contribution in [1.82, 2.24) is 0 Å². The summed E-state index contributed by atoms with van der Waals surface area (Å²) < 4.78 is 53.0. The van der Waals surface area contributed by atoms with Gasteiger partial charge in [-0.3, -0.25) is 0 Å². The van der Waals surface area contributed by atoms with Gasteiger partial charge in [0.15, 0.2) is 0 Å². The first-order valence-corrected chi connectivity index (χ1v) is 5.87. The molecule has 0 amide bonds. The summed E-state index contributed by atoms with van der Waals surface area (Å²) in [6.07, 6.45) is -4.92. The van der Waals surface area contributed by atoms with Crippen molar-refractivity contribution >= 4 is 0 Å². The van der Waals surface area contributed by atoms with E-state index >= 15 is 0 Å². The van der Waals surface area contributed by atoms with Crippen molar-refractivity contribution in [3.8, 4) is 0 Å². The van der Waals surface area contributed by atoms with Crippen molar-refractivity contribution in [3.63, 3.8) is 0 Å². The molecule has 0 aromatic heterocycles. The third-order valence-corrected chi connectivity index (χ3v) is 3.11. The first-order chi connectivity index (χ1) is 9.25. The molecule has 0 spiro atoms. The van der Waals surface area contributed by atoms with E-state index in [9.17, 15) is 22.7 Å². The quantitative estimate of drug-likeness (QED) is 0.828. The largest absolute Gasteiger partial charge is 0.425 e. The maximum Gasteiger partial charge on any atom is 0.425 e. The molecule has 1 N–H and O–H groups in total. The first-order valence-electron chi connectivity index (χ1n) is 5.87. The Bertz CT molecular complexity index is 604. The average molecular weight is 284 g/mol. The Hall–Kier alpha value is -1.88. The van der Waals surface area contributed by atoms with Crippen LogP contribution in [0.1, 0.15) is 16.7 Å². The van der Waals surface area contributed by atoms with E-state index in [4.69, 9.17) is 0 Å². The van der Waals surface area contributed by atoms with E-state index in [-0.39, 0.29) is 5.56 Å². The normalized spacial score (nSPS) is 14.9. The van der Waals surface area contributed by atoms with E-state index in [1.54, 1.807) is 13.0 Å². The fourth-order valence-corrected chi connectivity index (χ4v) is 2.06. The Morgan fingerprint density at radius 1 is 0.900 bits per heavy atom. The predicted octanol–water partition coefficient (Wildman–Crippen LogP) is 3.93. The molecule has 0 aliphatic rings. The zero-order chi connectivity index (χ0) is 15.0. The number of aliphatic hydroxyl groups is 1. The Labute approximate surface area is 113 Å². The molecule has 0 saturated carbocycles. The summed E-state index contributed by atoms with van der Waals surface area (Å²) in [6.45, 7) is 1.63. The van der Waals surface area contributed by atoms with Gasteiger partial charge < -0.3 is 5.11 Å². The summed E-state index contributed by atoms with van der Waals surface area (Å²) in [5.74, 6) is -0.664. The van der Waals surface area contributed by atoms with E-state index in [1.807, 2.05) is 0 Å². The number of benzene rings is 2. The first kappa shape index (κ1) is 14.5. The lowest BCUT2D eigenvalue weighted by Crippen LogP contribution is -2.43. The molecule has 1 unspecified atom stereocenters. The molecule has 0 aliphatic carbocycles. The number of rotatable bonds is 2. The third kappa shape index (κ3) is 2.41. The summed E-state index contributed by atoms with van der Waals surface area (Å²) in [7, 11) is 0. The lowest BCUT2D eigenvalue weighted by atomic mass is 9.85. The molecule has 20 heavy (non-hydrogen) atoms. The highest BCUT2D eigenvalue weighted by atomic mass is 19.4. The van der Waals surface area contributed by atoms with E-state index in [1.165, 1.54) is 18.2 Å². The minimum absolute atomic E-state index is 0.295. The molecule has 0 aliphatic heterocycles. The van der Waals surface area contributed by atoms with Gasteiger partial charge in [0, 0.05) is 0 Å². The van der Waals surface area contributed by atoms with E-state index in [0.29, 0.717) is 5.56 Å². The molecule has 0 saturated heterocycles. The van der Waals surface area contributed by atoms with Crippen LogP contribution in [0.4, 0.5) is 17.6 Å². The van der Waals surface area contributed by atoms with Crippen LogP contribution < -0.4 is 0 Å². The highest BCUT2D eigenvalue weighted by Crippen LogP contribution is 2.44. The van der Waals surface area contributed by atoms with Gasteiger partial charge >= 0.3 is 6.18 Å². The fraction of sp³-hybridized carbons (Fsp3) is 0.200. The summed E-state index contributed by atoms with van der Waals surface area (Å²) in [5.41, 5.74) is -3.28. The maximum absolute atomic E-state index is 13.4. The van der Waals surface area contributed by atoms with Crippen LogP contribution in [0.5, 0.6) is 0 Å². The molecule has 1 atom stereocenters. The van der Waals surface area contributed by atoms with Gasteiger partial charge in [-0.25, -0.2) is 4.39 Å². The average Bonchev–Trinajstić information content (AvgIpc) is 2.37. The second-order valence-corrected chi connectivity index (χ2v) is 4.58. The van der Waals surface area contributed by atoms with Crippen molar-refractivity contribution < 1.29 is 22.7 Å². The molecule has 106 valence electrons. The molecule has 0 fully saturated rings. The molecular formula is C15H12F4O. The standard InChI is InChI=1S/C15H12F4O/c1-10-3-2-4-12(9-10)14(20,15(17,18)19)11-5-7-13(16)8-6-11/h2-9,20H,1H3. The number of alkyl halides is 3. The third-order valence-electron chi connectivity index (χ3n) is 3.11. The van der Waals surface area contributed by atoms with Crippen molar-refractivity contribution in [3.05, 3.63) is 71.0 Å². The Balaban J connectivity index is 2.66. The summed E-state index contributed by atoms with van der Waals surface area (Å²) >= 11 is 0. The predicted molar refractivity (Wildman–Crippen MR) is 66.6 cm³/mol. The zero-order valence-electron chi connectivity index (χ0n) is 10.6. The molecule has 0 radical (unpaired) electrons. The van der Waals surface area contributed by atoms with E-state index < -0.39 is 23.2 Å². The maximum atomic E-state index is 13.4. The Morgan fingerprint density at radius 3 is 2.00 bits per heavy atom. The minimum Gasteiger partial charge on any atom is -0.372 e. The van der Waals surface area contributed by atoms with Crippen LogP contribution in [0.2, 0.25) is 0 Å². The van der Waals surface area contributed by atoms with Crippen LogP contribution in [0.15, 0.2) is 48.5 Å². The molecule has 2 aromatic carbocycles. The number of hydrogen-bond acceptors (Lipinski definition) is 1. The van der Waals surface area contributed by atoms with E-state index in [2.05, 4.69) is 0 Å². The molecule has 2 aromatic rings. The lowest BCUT2D eigenvalue weighted by molar-refractivity contribution is -0.248. The lowest BCUT2D eigenvalue weighted by Gasteiger charge is -2.31. The Morgan fingerprint density at radius 2 is 1.50 bits per heavy atom. The van der Waals surface area contributed by atoms with Gasteiger partial charge in [-0.15, -0.1) is 0 Å². The minimum atomic E-state index is -4.92. The molecule has 0 bridgehead atoms. The van der Waals surface area contributed by atoms with Crippen LogP contribution in [-0.4, -0.2) is 11.3 Å². The van der Waals surface area contributed by atoms with Gasteiger partial charge in [-0.2, -0.15) is 13.2 Å². The van der Waals surface area contributed by atoms with Crippen LogP contribution >= 0.6 is 0 Å². The second kappa shape index (κ2) is 4.90. The smallest absolute Gasteiger partial charge is 0.372 e. The van der Waals surface area contributed by atoms with Gasteiger partial charge in [0.25, 0.3) is 0 Å². The zero-order valence-corrected chi connectivity index (χ0v) is 10.6. The van der Waals surface area contributed by atoms with Crippen LogP contribution in [-0.2, 0) is 5.60 Å². The van der Waals surface area contributed by atoms with Crippen LogP contribution in [0.25, 0.3) is 0 Å². The van der Waals surface area contributed by atoms with Crippen molar-refractivity contribution in [2.45, 2.75) is 18.7 Å². The monoisotopic (exact) mass is 284 g/mol. The van der Waals surface area contributed by atoms with Crippen LogP contribution in [0, 0.1) is 12.7 Å². The van der Waals surface area contributed by atoms with Gasteiger partial charge in [-0.05, 0) is 30.2 Å². The SMILES string of the molecule is Cc1cccc(C(O)(c2ccc(F)cc2)C(F)(F)F)c1. The number of halogens is 4. The fourth-order valence-electron chi connectivity index (χ4n) is 2.06. The topological polar surface area (TPSA) is 20.2 Å². The highest BCUT2D eigenvalue weighted by molar-refractivity contribution is 5.39. The summed E-state index contributed by atoms with van der Waals surface area (Å²) in [4.78, 5) is 0. The highest BCUT2D eigenvalue weighted by Gasteiger charge is 2.56. The van der Waals surface area contributed by atoms with E-state index in [0.717, 1.165) is 24.3 Å². The van der Waals surface area contributed by atoms with Crippen molar-refractivity contribution in [2.24, 2.45) is 0 Å². The van der Waals surface area contributed by atoms with Crippen molar-refractivity contribution in [2.75, 3.05) is 0 Å². The molecule has 2 rings (SSSR count). The second-order valence-electron chi connectivity index (χ2n) is 4.58. The summed E-state index contributed by atoms with van der Waals surface area (Å²) in [6, 6.07) is 9.18. The van der Waals surface area contributed by atoms with Gasteiger partial charge in [0.2, 0.25) is 5.60 Å². The van der Waals surface area contributed by atoms with Crippen LogP contribution in [0.3, 0.4) is 0 Å². The van der Waals surface area contributed by atoms with Gasteiger partial charge in [0.1, 0.15) is 5.82 Å². The molecule has 5 heteroatoms. The molecule has 1 nitrogen and oxygen atoms in total. The van der Waals surface area contributed by atoms with Gasteiger partial charge in [-0.1, -0.05) is 42.0 Å². The molecular weight excluding hydrogens is 272 g/mol.